The molecule has 0 radical (unpaired) electrons. The van der Waals surface area contributed by atoms with Crippen LogP contribution in [0, 0.1) is 0 Å². The number of hydrogen-bond acceptors (Lipinski definition) is 5. The van der Waals surface area contributed by atoms with E-state index in [9.17, 15) is 4.79 Å². The first-order valence-corrected chi connectivity index (χ1v) is 5.00. The smallest absolute Gasteiger partial charge is 0.340 e. The summed E-state index contributed by atoms with van der Waals surface area (Å²) < 4.78 is 6.47. The number of hydrogen-bond donors (Lipinski definition) is 1. The molecule has 0 fully saturated rings. The number of carbonyl (C=O) groups excluding carboxylic acids is 1. The number of anilines is 1. The van der Waals surface area contributed by atoms with E-state index in [2.05, 4.69) is 10.2 Å². The highest BCUT2D eigenvalue weighted by Crippen LogP contribution is 2.19. The maximum absolute atomic E-state index is 11.6. The maximum Gasteiger partial charge on any atom is 0.340 e. The van der Waals surface area contributed by atoms with Crippen molar-refractivity contribution >= 4 is 11.7 Å². The molecule has 0 spiro atoms. The normalized spacial score (nSPS) is 10.2. The van der Waals surface area contributed by atoms with Gasteiger partial charge in [-0.2, -0.15) is 0 Å². The number of ether oxygens (including phenoxy) is 1. The molecule has 1 aromatic heterocycles. The fourth-order valence-corrected chi connectivity index (χ4v) is 1.60. The largest absolute Gasteiger partial charge is 0.465 e. The highest BCUT2D eigenvalue weighted by atomic mass is 16.5. The topological polar surface area (TPSA) is 83.0 Å². The number of carbonyl (C=O) groups is 1. The van der Waals surface area contributed by atoms with Gasteiger partial charge in [0.25, 0.3) is 0 Å². The molecule has 6 heteroatoms. The molecule has 2 N–H and O–H groups in total. The predicted molar refractivity (Wildman–Crippen MR) is 61.3 cm³/mol. The van der Waals surface area contributed by atoms with Gasteiger partial charge in [0, 0.05) is 5.69 Å². The Morgan fingerprint density at radius 1 is 1.41 bits per heavy atom. The Morgan fingerprint density at radius 2 is 2.12 bits per heavy atom. The average molecular weight is 232 g/mol. The van der Waals surface area contributed by atoms with Crippen LogP contribution in [0.15, 0.2) is 30.9 Å². The van der Waals surface area contributed by atoms with Crippen molar-refractivity contribution in [3.63, 3.8) is 0 Å². The summed E-state index contributed by atoms with van der Waals surface area (Å²) in [6.45, 7) is 0.475. The van der Waals surface area contributed by atoms with Crippen LogP contribution in [0.4, 0.5) is 5.69 Å². The summed E-state index contributed by atoms with van der Waals surface area (Å²) in [6.07, 6.45) is 3.15. The minimum Gasteiger partial charge on any atom is -0.465 e. The van der Waals surface area contributed by atoms with E-state index < -0.39 is 5.97 Å². The molecule has 0 amide bonds. The molecule has 0 unspecified atom stereocenters. The molecule has 0 aliphatic carbocycles. The molecule has 2 rings (SSSR count). The third-order valence-corrected chi connectivity index (χ3v) is 2.39. The summed E-state index contributed by atoms with van der Waals surface area (Å²) in [5.74, 6) is -0.439. The van der Waals surface area contributed by atoms with Crippen LogP contribution in [-0.4, -0.2) is 27.8 Å². The monoisotopic (exact) mass is 232 g/mol. The highest BCUT2D eigenvalue weighted by molar-refractivity contribution is 5.96. The minimum atomic E-state index is -0.439. The molecule has 2 aromatic rings. The number of rotatable bonds is 3. The quantitative estimate of drug-likeness (QED) is 0.622. The van der Waals surface area contributed by atoms with Crippen molar-refractivity contribution in [2.45, 2.75) is 6.54 Å². The summed E-state index contributed by atoms with van der Waals surface area (Å²) in [4.78, 5) is 11.6. The second kappa shape index (κ2) is 4.65. The lowest BCUT2D eigenvalue weighted by Crippen LogP contribution is -2.11. The van der Waals surface area contributed by atoms with E-state index in [-0.39, 0.29) is 0 Å². The van der Waals surface area contributed by atoms with Crippen molar-refractivity contribution in [1.82, 2.24) is 14.8 Å². The number of nitrogen functional groups attached to an aromatic ring is 1. The first-order valence-electron chi connectivity index (χ1n) is 5.00. The van der Waals surface area contributed by atoms with Crippen molar-refractivity contribution in [2.75, 3.05) is 12.8 Å². The van der Waals surface area contributed by atoms with E-state index >= 15 is 0 Å². The molecule has 0 aliphatic rings. The van der Waals surface area contributed by atoms with Crippen LogP contribution < -0.4 is 5.73 Å². The summed E-state index contributed by atoms with van der Waals surface area (Å²) >= 11 is 0. The van der Waals surface area contributed by atoms with Gasteiger partial charge >= 0.3 is 5.97 Å². The molecule has 17 heavy (non-hydrogen) atoms. The molecule has 0 aliphatic heterocycles. The second-order valence-corrected chi connectivity index (χ2v) is 3.51. The van der Waals surface area contributed by atoms with E-state index in [1.807, 2.05) is 6.07 Å². The minimum absolute atomic E-state index is 0.392. The van der Waals surface area contributed by atoms with Crippen molar-refractivity contribution < 1.29 is 9.53 Å². The van der Waals surface area contributed by atoms with E-state index in [0.717, 1.165) is 5.56 Å². The third-order valence-electron chi connectivity index (χ3n) is 2.39. The Kier molecular flexibility index (Phi) is 3.04. The van der Waals surface area contributed by atoms with E-state index in [1.54, 1.807) is 29.4 Å². The zero-order chi connectivity index (χ0) is 12.3. The number of nitrogens with zero attached hydrogens (tertiary/aromatic N) is 3. The summed E-state index contributed by atoms with van der Waals surface area (Å²) in [7, 11) is 1.33. The predicted octanol–water partition coefficient (Wildman–Crippen LogP) is 0.695. The Morgan fingerprint density at radius 3 is 2.76 bits per heavy atom. The van der Waals surface area contributed by atoms with E-state index in [0.29, 0.717) is 17.8 Å². The Bertz CT molecular complexity index is 522. The Balaban J connectivity index is 2.39. The first-order chi connectivity index (χ1) is 8.22. The van der Waals surface area contributed by atoms with Gasteiger partial charge in [-0.25, -0.2) is 4.79 Å². The lowest BCUT2D eigenvalue weighted by molar-refractivity contribution is 0.0600. The molecule has 1 heterocycles. The number of aromatic nitrogens is 3. The second-order valence-electron chi connectivity index (χ2n) is 3.51. The van der Waals surface area contributed by atoms with Gasteiger partial charge < -0.3 is 15.0 Å². The van der Waals surface area contributed by atoms with Gasteiger partial charge in [-0.15, -0.1) is 10.2 Å². The van der Waals surface area contributed by atoms with Gasteiger partial charge in [-0.3, -0.25) is 0 Å². The van der Waals surface area contributed by atoms with Crippen LogP contribution in [0.1, 0.15) is 15.9 Å². The SMILES string of the molecule is COC(=O)c1c(N)cccc1Cn1cnnc1. The van der Waals surface area contributed by atoms with Gasteiger partial charge in [0.2, 0.25) is 0 Å². The highest BCUT2D eigenvalue weighted by Gasteiger charge is 2.15. The van der Waals surface area contributed by atoms with Gasteiger partial charge in [-0.05, 0) is 11.6 Å². The molecule has 88 valence electrons. The van der Waals surface area contributed by atoms with Gasteiger partial charge in [0.15, 0.2) is 0 Å². The van der Waals surface area contributed by atoms with Gasteiger partial charge in [-0.1, -0.05) is 12.1 Å². The Hall–Kier alpha value is -2.37. The van der Waals surface area contributed by atoms with E-state index in [1.165, 1.54) is 7.11 Å². The number of nitrogens with two attached hydrogens (primary N) is 1. The number of methoxy groups -OCH3 is 1. The lowest BCUT2D eigenvalue weighted by atomic mass is 10.1. The molecular formula is C11H12N4O2. The van der Waals surface area contributed by atoms with Crippen LogP contribution in [0.5, 0.6) is 0 Å². The van der Waals surface area contributed by atoms with Crippen LogP contribution >= 0.6 is 0 Å². The van der Waals surface area contributed by atoms with Crippen LogP contribution in [0.25, 0.3) is 0 Å². The summed E-state index contributed by atoms with van der Waals surface area (Å²) in [6, 6.07) is 5.28. The van der Waals surface area contributed by atoms with Crippen LogP contribution in [0.2, 0.25) is 0 Å². The standard InChI is InChI=1S/C11H12N4O2/c1-17-11(16)10-8(3-2-4-9(10)12)5-15-6-13-14-7-15/h2-4,6-7H,5,12H2,1H3. The number of benzene rings is 1. The van der Waals surface area contributed by atoms with Crippen LogP contribution in [-0.2, 0) is 11.3 Å². The fraction of sp³-hybridized carbons (Fsp3) is 0.182. The van der Waals surface area contributed by atoms with E-state index in [4.69, 9.17) is 10.5 Å². The first kappa shape index (κ1) is 11.1. The molecule has 0 atom stereocenters. The third kappa shape index (κ3) is 2.25. The maximum atomic E-state index is 11.6. The molecule has 6 nitrogen and oxygen atoms in total. The van der Waals surface area contributed by atoms with Crippen LogP contribution in [0.3, 0.4) is 0 Å². The molecular weight excluding hydrogens is 220 g/mol. The molecule has 0 bridgehead atoms. The Labute approximate surface area is 98.0 Å². The summed E-state index contributed by atoms with van der Waals surface area (Å²) in [5, 5.41) is 7.40. The summed E-state index contributed by atoms with van der Waals surface area (Å²) in [5.41, 5.74) is 7.36. The van der Waals surface area contributed by atoms with Gasteiger partial charge in [0.1, 0.15) is 12.7 Å². The van der Waals surface area contributed by atoms with Crippen molar-refractivity contribution in [1.29, 1.82) is 0 Å². The number of esters is 1. The average Bonchev–Trinajstić information content (AvgIpc) is 2.81. The fourth-order valence-electron chi connectivity index (χ4n) is 1.60. The zero-order valence-corrected chi connectivity index (χ0v) is 9.33. The lowest BCUT2D eigenvalue weighted by Gasteiger charge is -2.10. The molecule has 0 saturated carbocycles. The molecule has 0 saturated heterocycles. The molecule has 1 aromatic carbocycles. The van der Waals surface area contributed by atoms with Crippen molar-refractivity contribution in [2.24, 2.45) is 0 Å². The zero-order valence-electron chi connectivity index (χ0n) is 9.33. The van der Waals surface area contributed by atoms with Gasteiger partial charge in [0.05, 0.1) is 19.2 Å². The van der Waals surface area contributed by atoms with Crippen molar-refractivity contribution in [3.8, 4) is 0 Å². The van der Waals surface area contributed by atoms with Crippen molar-refractivity contribution in [3.05, 3.63) is 42.0 Å².